The van der Waals surface area contributed by atoms with Crippen LogP contribution in [-0.4, -0.2) is 14.2 Å². The van der Waals surface area contributed by atoms with E-state index in [9.17, 15) is 0 Å². The molecule has 0 unspecified atom stereocenters. The first kappa shape index (κ1) is 13.5. The highest BCUT2D eigenvalue weighted by Gasteiger charge is 2.11. The van der Waals surface area contributed by atoms with Crippen molar-refractivity contribution in [2.24, 2.45) is 0 Å². The summed E-state index contributed by atoms with van der Waals surface area (Å²) in [6.07, 6.45) is 0. The molecule has 2 nitrogen and oxygen atoms in total. The van der Waals surface area contributed by atoms with Gasteiger partial charge in [-0.2, -0.15) is 0 Å². The first-order chi connectivity index (χ1) is 9.08. The average molecular weight is 255 g/mol. The Bertz CT molecular complexity index is 585. The fourth-order valence-corrected chi connectivity index (χ4v) is 2.49. The zero-order valence-corrected chi connectivity index (χ0v) is 12.3. The van der Waals surface area contributed by atoms with Crippen LogP contribution in [0.25, 0.3) is 11.1 Å². The third kappa shape index (κ3) is 2.43. The fourth-order valence-electron chi connectivity index (χ4n) is 2.49. The van der Waals surface area contributed by atoms with E-state index in [0.717, 1.165) is 11.4 Å². The number of methoxy groups -OCH3 is 1. The Morgan fingerprint density at radius 3 is 2.11 bits per heavy atom. The largest absolute Gasteiger partial charge is 0.496 e. The number of hydrogen-bond donors (Lipinski definition) is 1. The minimum absolute atomic E-state index is 0.994. The Morgan fingerprint density at radius 2 is 1.58 bits per heavy atom. The average Bonchev–Trinajstić information content (AvgIpc) is 2.43. The molecule has 2 aromatic carbocycles. The van der Waals surface area contributed by atoms with Crippen LogP contribution in [0.2, 0.25) is 0 Å². The van der Waals surface area contributed by atoms with Crippen molar-refractivity contribution < 1.29 is 4.74 Å². The Balaban J connectivity index is 2.56. The van der Waals surface area contributed by atoms with Gasteiger partial charge in [0, 0.05) is 12.7 Å². The van der Waals surface area contributed by atoms with E-state index in [1.807, 2.05) is 7.05 Å². The molecule has 19 heavy (non-hydrogen) atoms. The van der Waals surface area contributed by atoms with Crippen LogP contribution in [0.15, 0.2) is 30.3 Å². The number of nitrogens with one attached hydrogen (secondary N) is 1. The van der Waals surface area contributed by atoms with Gasteiger partial charge in [0.15, 0.2) is 0 Å². The minimum atomic E-state index is 0.994. The first-order valence-corrected chi connectivity index (χ1v) is 6.51. The number of benzene rings is 2. The summed E-state index contributed by atoms with van der Waals surface area (Å²) >= 11 is 0. The summed E-state index contributed by atoms with van der Waals surface area (Å²) in [6, 6.07) is 10.7. The summed E-state index contributed by atoms with van der Waals surface area (Å²) in [5.74, 6) is 0.994. The Labute approximate surface area is 115 Å². The van der Waals surface area contributed by atoms with Gasteiger partial charge in [-0.15, -0.1) is 0 Å². The zero-order valence-electron chi connectivity index (χ0n) is 12.3. The summed E-state index contributed by atoms with van der Waals surface area (Å²) in [4.78, 5) is 0. The quantitative estimate of drug-likeness (QED) is 0.881. The van der Waals surface area contributed by atoms with Crippen molar-refractivity contribution in [2.75, 3.05) is 19.5 Å². The van der Waals surface area contributed by atoms with E-state index in [1.54, 1.807) is 7.11 Å². The smallest absolute Gasteiger partial charge is 0.124 e. The van der Waals surface area contributed by atoms with Crippen LogP contribution in [0.3, 0.4) is 0 Å². The highest BCUT2D eigenvalue weighted by atomic mass is 16.5. The van der Waals surface area contributed by atoms with Gasteiger partial charge in [0.1, 0.15) is 5.75 Å². The van der Waals surface area contributed by atoms with Crippen LogP contribution in [0.1, 0.15) is 16.7 Å². The van der Waals surface area contributed by atoms with Gasteiger partial charge in [-0.1, -0.05) is 12.1 Å². The van der Waals surface area contributed by atoms with Crippen molar-refractivity contribution in [2.45, 2.75) is 20.8 Å². The van der Waals surface area contributed by atoms with Crippen molar-refractivity contribution in [1.82, 2.24) is 0 Å². The number of anilines is 1. The molecule has 100 valence electrons. The summed E-state index contributed by atoms with van der Waals surface area (Å²) in [7, 11) is 3.66. The molecule has 0 saturated carbocycles. The van der Waals surface area contributed by atoms with Crippen LogP contribution in [0, 0.1) is 20.8 Å². The van der Waals surface area contributed by atoms with Crippen molar-refractivity contribution in [3.05, 3.63) is 47.0 Å². The van der Waals surface area contributed by atoms with E-state index in [0.29, 0.717) is 0 Å². The van der Waals surface area contributed by atoms with Crippen molar-refractivity contribution in [3.63, 3.8) is 0 Å². The number of rotatable bonds is 3. The van der Waals surface area contributed by atoms with Gasteiger partial charge in [0.25, 0.3) is 0 Å². The maximum Gasteiger partial charge on any atom is 0.124 e. The summed E-state index contributed by atoms with van der Waals surface area (Å²) in [5, 5.41) is 3.14. The maximum absolute atomic E-state index is 5.47. The van der Waals surface area contributed by atoms with E-state index in [1.165, 1.54) is 27.8 Å². The van der Waals surface area contributed by atoms with E-state index in [2.05, 4.69) is 56.4 Å². The maximum atomic E-state index is 5.47. The van der Waals surface area contributed by atoms with Gasteiger partial charge in [-0.25, -0.2) is 0 Å². The molecule has 2 heteroatoms. The van der Waals surface area contributed by atoms with Crippen LogP contribution >= 0.6 is 0 Å². The lowest BCUT2D eigenvalue weighted by Crippen LogP contribution is -1.96. The number of ether oxygens (including phenoxy) is 1. The van der Waals surface area contributed by atoms with Gasteiger partial charge >= 0.3 is 0 Å². The zero-order chi connectivity index (χ0) is 14.0. The molecule has 0 heterocycles. The third-order valence-corrected chi connectivity index (χ3v) is 3.71. The van der Waals surface area contributed by atoms with Crippen LogP contribution in [0.4, 0.5) is 5.69 Å². The van der Waals surface area contributed by atoms with Gasteiger partial charge in [0.05, 0.1) is 7.11 Å². The molecule has 0 fully saturated rings. The number of aryl methyl sites for hydroxylation is 1. The fraction of sp³-hybridized carbons (Fsp3) is 0.294. The Morgan fingerprint density at radius 1 is 0.947 bits per heavy atom. The van der Waals surface area contributed by atoms with Gasteiger partial charge in [0.2, 0.25) is 0 Å². The second-order valence-corrected chi connectivity index (χ2v) is 4.85. The molecule has 1 N–H and O–H groups in total. The Hall–Kier alpha value is -1.96. The molecular weight excluding hydrogens is 234 g/mol. The summed E-state index contributed by atoms with van der Waals surface area (Å²) in [6.45, 7) is 6.36. The predicted molar refractivity (Wildman–Crippen MR) is 82.2 cm³/mol. The molecule has 0 amide bonds. The van der Waals surface area contributed by atoms with Gasteiger partial charge in [-0.05, 0) is 66.8 Å². The predicted octanol–water partition coefficient (Wildman–Crippen LogP) is 4.33. The highest BCUT2D eigenvalue weighted by molar-refractivity contribution is 5.73. The summed E-state index contributed by atoms with van der Waals surface area (Å²) in [5.41, 5.74) is 7.32. The van der Waals surface area contributed by atoms with Crippen LogP contribution in [-0.2, 0) is 0 Å². The molecule has 0 aromatic heterocycles. The summed E-state index contributed by atoms with van der Waals surface area (Å²) < 4.78 is 5.47. The molecule has 2 aromatic rings. The molecule has 0 spiro atoms. The lowest BCUT2D eigenvalue weighted by molar-refractivity contribution is 0.408. The molecule has 0 atom stereocenters. The van der Waals surface area contributed by atoms with Crippen molar-refractivity contribution in [3.8, 4) is 16.9 Å². The Kier molecular flexibility index (Phi) is 3.79. The standard InChI is InChI=1S/C17H21NO/c1-11-10-16(12(2)13(3)17(11)19-5)14-6-8-15(18-4)9-7-14/h6-10,18H,1-5H3. The van der Waals surface area contributed by atoms with Gasteiger partial charge < -0.3 is 10.1 Å². The highest BCUT2D eigenvalue weighted by Crippen LogP contribution is 2.34. The third-order valence-electron chi connectivity index (χ3n) is 3.71. The molecule has 0 bridgehead atoms. The van der Waals surface area contributed by atoms with Gasteiger partial charge in [-0.3, -0.25) is 0 Å². The van der Waals surface area contributed by atoms with Crippen molar-refractivity contribution in [1.29, 1.82) is 0 Å². The topological polar surface area (TPSA) is 21.3 Å². The lowest BCUT2D eigenvalue weighted by Gasteiger charge is -2.16. The monoisotopic (exact) mass is 255 g/mol. The minimum Gasteiger partial charge on any atom is -0.496 e. The van der Waals surface area contributed by atoms with Crippen molar-refractivity contribution >= 4 is 5.69 Å². The SMILES string of the molecule is CNc1ccc(-c2cc(C)c(OC)c(C)c2C)cc1. The van der Waals surface area contributed by atoms with E-state index < -0.39 is 0 Å². The molecule has 0 aliphatic rings. The second kappa shape index (κ2) is 5.35. The number of hydrogen-bond acceptors (Lipinski definition) is 2. The molecule has 0 radical (unpaired) electrons. The first-order valence-electron chi connectivity index (χ1n) is 6.51. The molecule has 0 aliphatic carbocycles. The molecule has 0 aliphatic heterocycles. The van der Waals surface area contributed by atoms with E-state index in [-0.39, 0.29) is 0 Å². The van der Waals surface area contributed by atoms with Crippen LogP contribution < -0.4 is 10.1 Å². The van der Waals surface area contributed by atoms with E-state index in [4.69, 9.17) is 4.74 Å². The molecule has 0 saturated heterocycles. The molecular formula is C17H21NO. The van der Waals surface area contributed by atoms with E-state index >= 15 is 0 Å². The van der Waals surface area contributed by atoms with Crippen LogP contribution in [0.5, 0.6) is 5.75 Å². The lowest BCUT2D eigenvalue weighted by atomic mass is 9.93. The normalized spacial score (nSPS) is 10.4. The second-order valence-electron chi connectivity index (χ2n) is 4.85. The molecule has 2 rings (SSSR count).